The Bertz CT molecular complexity index is 1270. The molecule has 136 valence electrons. The maximum atomic E-state index is 13.3. The van der Waals surface area contributed by atoms with E-state index in [-0.39, 0.29) is 21.1 Å². The third kappa shape index (κ3) is 3.55. The Morgan fingerprint density at radius 3 is 1.79 bits per heavy atom. The summed E-state index contributed by atoms with van der Waals surface area (Å²) in [7, 11) is -3.98. The molecule has 1 aliphatic heterocycles. The van der Waals surface area contributed by atoms with E-state index in [9.17, 15) is 13.7 Å². The molecular weight excluding hydrogens is 384 g/mol. The van der Waals surface area contributed by atoms with Crippen LogP contribution < -0.4 is 0 Å². The van der Waals surface area contributed by atoms with Crippen molar-refractivity contribution in [3.8, 4) is 12.1 Å². The lowest BCUT2D eigenvalue weighted by molar-refractivity contribution is 0.614. The Balaban J connectivity index is 2.28. The van der Waals surface area contributed by atoms with E-state index in [0.29, 0.717) is 22.4 Å². The van der Waals surface area contributed by atoms with Crippen LogP contribution in [0, 0.1) is 35.8 Å². The second-order valence-electron chi connectivity index (χ2n) is 5.90. The molecule has 0 radical (unpaired) electrons. The van der Waals surface area contributed by atoms with E-state index in [0.717, 1.165) is 0 Å². The fourth-order valence-corrected chi connectivity index (χ4v) is 4.47. The monoisotopic (exact) mass is 394 g/mol. The first-order valence-corrected chi connectivity index (χ1v) is 9.61. The third-order valence-electron chi connectivity index (χ3n) is 4.22. The van der Waals surface area contributed by atoms with Crippen LogP contribution in [0.25, 0.3) is 19.5 Å². The molecule has 0 saturated heterocycles. The van der Waals surface area contributed by atoms with Gasteiger partial charge in [-0.2, -0.15) is 5.26 Å². The molecule has 0 amide bonds. The zero-order chi connectivity index (χ0) is 21.0. The number of nitrogens with zero attached hydrogens (tertiary/aromatic N) is 4. The molecule has 0 aliphatic carbocycles. The fraction of sp³-hybridized carbons (Fsp3) is 0. The molecule has 0 spiro atoms. The van der Waals surface area contributed by atoms with Gasteiger partial charge in [0.1, 0.15) is 0 Å². The highest BCUT2D eigenvalue weighted by Crippen LogP contribution is 2.39. The third-order valence-corrected chi connectivity index (χ3v) is 6.09. The van der Waals surface area contributed by atoms with Crippen LogP contribution in [-0.4, -0.2) is 8.42 Å². The van der Waals surface area contributed by atoms with Gasteiger partial charge in [0.25, 0.3) is 5.70 Å². The van der Waals surface area contributed by atoms with E-state index in [1.165, 1.54) is 60.7 Å². The van der Waals surface area contributed by atoms with Crippen LogP contribution in [0.3, 0.4) is 0 Å². The highest BCUT2D eigenvalue weighted by molar-refractivity contribution is 8.09. The zero-order valence-electron chi connectivity index (χ0n) is 14.8. The van der Waals surface area contributed by atoms with Crippen molar-refractivity contribution in [2.24, 2.45) is 0 Å². The number of rotatable bonds is 2. The molecule has 7 heteroatoms. The molecule has 0 aromatic heterocycles. The Kier molecular flexibility index (Phi) is 5.11. The summed E-state index contributed by atoms with van der Waals surface area (Å²) in [5, 5.41) is 18.2. The molecule has 6 nitrogen and oxygen atoms in total. The van der Waals surface area contributed by atoms with Crippen LogP contribution in [0.4, 0.5) is 5.69 Å². The molecule has 0 N–H and O–H groups in total. The lowest BCUT2D eigenvalue weighted by atomic mass is 10.1. The first kappa shape index (κ1) is 19.3. The van der Waals surface area contributed by atoms with Crippen LogP contribution in [0.2, 0.25) is 0 Å². The van der Waals surface area contributed by atoms with Gasteiger partial charge in [0.05, 0.1) is 40.7 Å². The van der Waals surface area contributed by atoms with Gasteiger partial charge < -0.3 is 0 Å². The van der Waals surface area contributed by atoms with Crippen LogP contribution in [0.5, 0.6) is 0 Å². The maximum Gasteiger partial charge on any atom is 0.269 e. The average Bonchev–Trinajstić information content (AvgIpc) is 2.75. The van der Waals surface area contributed by atoms with Crippen LogP contribution in [0.15, 0.2) is 72.0 Å². The summed E-state index contributed by atoms with van der Waals surface area (Å²) in [4.78, 5) is 6.35. The van der Waals surface area contributed by atoms with E-state index in [1.54, 1.807) is 6.07 Å². The highest BCUT2D eigenvalue weighted by Gasteiger charge is 2.30. The first-order chi connectivity index (χ1) is 13.9. The number of nitriles is 2. The molecule has 2 aromatic carbocycles. The number of hydrogen-bond acceptors (Lipinski definition) is 4. The Hall–Kier alpha value is -4.43. The van der Waals surface area contributed by atoms with E-state index in [1.807, 2.05) is 6.07 Å². The molecule has 0 unspecified atom stereocenters. The van der Waals surface area contributed by atoms with Gasteiger partial charge in [0, 0.05) is 0 Å². The van der Waals surface area contributed by atoms with E-state index in [2.05, 4.69) is 9.69 Å². The molecule has 1 heterocycles. The summed E-state index contributed by atoms with van der Waals surface area (Å²) in [6, 6.07) is 15.8. The van der Waals surface area contributed by atoms with Crippen molar-refractivity contribution in [1.82, 2.24) is 0 Å². The summed E-state index contributed by atoms with van der Waals surface area (Å²) in [5.41, 5.74) is 1.37. The van der Waals surface area contributed by atoms with E-state index in [4.69, 9.17) is 18.4 Å². The zero-order valence-corrected chi connectivity index (χ0v) is 15.6. The van der Waals surface area contributed by atoms with Crippen LogP contribution in [-0.2, 0) is 9.84 Å². The summed E-state index contributed by atoms with van der Waals surface area (Å²) in [6.45, 7) is 14.2. The van der Waals surface area contributed by atoms with Gasteiger partial charge in [0.2, 0.25) is 9.84 Å². The fourth-order valence-electron chi connectivity index (χ4n) is 2.77. The van der Waals surface area contributed by atoms with Crippen molar-refractivity contribution < 1.29 is 8.42 Å². The smallest absolute Gasteiger partial charge is 0.238 e. The number of hydrogen-bond donors (Lipinski definition) is 0. The van der Waals surface area contributed by atoms with E-state index < -0.39 is 9.84 Å². The highest BCUT2D eigenvalue weighted by atomic mass is 32.2. The van der Waals surface area contributed by atoms with Crippen molar-refractivity contribution in [3.05, 3.63) is 111 Å². The Labute approximate surface area is 168 Å². The Morgan fingerprint density at radius 2 is 1.38 bits per heavy atom. The molecule has 0 fully saturated rings. The second kappa shape index (κ2) is 7.67. The first-order valence-electron chi connectivity index (χ1n) is 8.13. The van der Waals surface area contributed by atoms with Crippen LogP contribution >= 0.6 is 0 Å². The van der Waals surface area contributed by atoms with Crippen molar-refractivity contribution in [1.29, 1.82) is 10.5 Å². The predicted molar refractivity (Wildman–Crippen MR) is 108 cm³/mol. The van der Waals surface area contributed by atoms with Gasteiger partial charge in [-0.3, -0.25) is 0 Å². The quantitative estimate of drug-likeness (QED) is 0.549. The van der Waals surface area contributed by atoms with Gasteiger partial charge in [-0.15, -0.1) is 0 Å². The number of sulfone groups is 1. The molecule has 3 rings (SSSR count). The SMILES string of the molecule is [C-]#[N+]C(C#N)=C1C=C(c2ccc(C#N)cc2)S(=O)(=O)C(c2ccc([N+]#[C-])cc2)=C1. The molecule has 29 heavy (non-hydrogen) atoms. The van der Waals surface area contributed by atoms with Crippen molar-refractivity contribution in [2.75, 3.05) is 0 Å². The molecule has 0 bridgehead atoms. The molecular formula is C22H10N4O2S. The molecule has 1 aliphatic rings. The van der Waals surface area contributed by atoms with Crippen molar-refractivity contribution >= 4 is 25.3 Å². The van der Waals surface area contributed by atoms with Gasteiger partial charge in [-0.05, 0) is 41.0 Å². The largest absolute Gasteiger partial charge is 0.269 e. The summed E-state index contributed by atoms with van der Waals surface area (Å²) < 4.78 is 26.6. The molecule has 0 atom stereocenters. The minimum atomic E-state index is -3.98. The van der Waals surface area contributed by atoms with Gasteiger partial charge in [0.15, 0.2) is 5.69 Å². The standard InChI is InChI=1S/C22H10N4O2S/c1-25-19-9-7-17(8-10-19)22-12-18(20(14-24)26-2)11-21(29(22,27)28)16-5-3-15(13-23)4-6-16/h3-12H. The predicted octanol–water partition coefficient (Wildman–Crippen LogP) is 4.62. The number of benzene rings is 2. The van der Waals surface area contributed by atoms with Gasteiger partial charge in [-0.1, -0.05) is 36.4 Å². The van der Waals surface area contributed by atoms with Gasteiger partial charge in [-0.25, -0.2) is 23.4 Å². The summed E-state index contributed by atoms with van der Waals surface area (Å²) in [6.07, 6.45) is 2.59. The summed E-state index contributed by atoms with van der Waals surface area (Å²) >= 11 is 0. The lowest BCUT2D eigenvalue weighted by Crippen LogP contribution is -2.11. The summed E-state index contributed by atoms with van der Waals surface area (Å²) in [5.74, 6) is 0. The van der Waals surface area contributed by atoms with Crippen molar-refractivity contribution in [3.63, 3.8) is 0 Å². The Morgan fingerprint density at radius 1 is 0.862 bits per heavy atom. The average molecular weight is 394 g/mol. The second-order valence-corrected chi connectivity index (χ2v) is 7.78. The minimum Gasteiger partial charge on any atom is -0.238 e. The molecule has 2 aromatic rings. The number of allylic oxidation sites excluding steroid dienone is 4. The van der Waals surface area contributed by atoms with Crippen molar-refractivity contribution in [2.45, 2.75) is 0 Å². The normalized spacial score (nSPS) is 16.1. The molecule has 0 saturated carbocycles. The van der Waals surface area contributed by atoms with E-state index >= 15 is 0 Å². The minimum absolute atomic E-state index is 0.0673. The topological polar surface area (TPSA) is 90.4 Å². The van der Waals surface area contributed by atoms with Crippen LogP contribution in [0.1, 0.15) is 16.7 Å². The lowest BCUT2D eigenvalue weighted by Gasteiger charge is -2.19. The van der Waals surface area contributed by atoms with Gasteiger partial charge >= 0.3 is 0 Å². The maximum absolute atomic E-state index is 13.3.